The Balaban J connectivity index is 2.25. The Morgan fingerprint density at radius 3 is 3.12 bits per heavy atom. The van der Waals surface area contributed by atoms with Crippen molar-refractivity contribution in [3.63, 3.8) is 0 Å². The topological polar surface area (TPSA) is 55.6 Å². The molecule has 92 valence electrons. The monoisotopic (exact) mass is 252 g/mol. The van der Waals surface area contributed by atoms with Gasteiger partial charge < -0.3 is 15.4 Å². The van der Waals surface area contributed by atoms with Crippen molar-refractivity contribution in [3.8, 4) is 5.75 Å². The third kappa shape index (κ3) is 2.73. The first-order valence-corrected chi connectivity index (χ1v) is 6.50. The zero-order chi connectivity index (χ0) is 12.3. The molecule has 1 aromatic rings. The van der Waals surface area contributed by atoms with Crippen LogP contribution in [0.3, 0.4) is 0 Å². The summed E-state index contributed by atoms with van der Waals surface area (Å²) in [6.07, 6.45) is 0. The number of carbonyl (C=O) groups is 1. The van der Waals surface area contributed by atoms with E-state index in [9.17, 15) is 4.79 Å². The molecule has 0 saturated carbocycles. The van der Waals surface area contributed by atoms with E-state index in [1.807, 2.05) is 12.1 Å². The van der Waals surface area contributed by atoms with E-state index in [2.05, 4.69) is 6.07 Å². The van der Waals surface area contributed by atoms with E-state index in [0.717, 1.165) is 23.6 Å². The Hall–Kier alpha value is -1.20. The summed E-state index contributed by atoms with van der Waals surface area (Å²) in [5, 5.41) is 0. The highest BCUT2D eigenvalue weighted by molar-refractivity contribution is 7.99. The van der Waals surface area contributed by atoms with Crippen LogP contribution in [0.15, 0.2) is 23.1 Å². The molecular weight excluding hydrogens is 236 g/mol. The quantitative estimate of drug-likeness (QED) is 0.856. The van der Waals surface area contributed by atoms with Gasteiger partial charge in [0.1, 0.15) is 5.75 Å². The predicted octanol–water partition coefficient (Wildman–Crippen LogP) is 1.09. The SMILES string of the molecule is COc1ccc2c(c1)CN(C(=O)CN)CCS2. The molecule has 0 unspecified atom stereocenters. The van der Waals surface area contributed by atoms with Crippen molar-refractivity contribution >= 4 is 17.7 Å². The van der Waals surface area contributed by atoms with Gasteiger partial charge in [-0.05, 0) is 23.8 Å². The van der Waals surface area contributed by atoms with Crippen LogP contribution in [0, 0.1) is 0 Å². The fourth-order valence-electron chi connectivity index (χ4n) is 1.84. The zero-order valence-electron chi connectivity index (χ0n) is 9.81. The molecule has 0 spiro atoms. The average molecular weight is 252 g/mol. The molecule has 0 fully saturated rings. The van der Waals surface area contributed by atoms with Crippen molar-refractivity contribution in [2.75, 3.05) is 26.0 Å². The summed E-state index contributed by atoms with van der Waals surface area (Å²) in [4.78, 5) is 14.7. The van der Waals surface area contributed by atoms with Crippen molar-refractivity contribution in [2.24, 2.45) is 5.73 Å². The van der Waals surface area contributed by atoms with Crippen LogP contribution in [0.25, 0.3) is 0 Å². The lowest BCUT2D eigenvalue weighted by Crippen LogP contribution is -2.36. The van der Waals surface area contributed by atoms with Crippen molar-refractivity contribution in [1.29, 1.82) is 0 Å². The van der Waals surface area contributed by atoms with E-state index in [1.54, 1.807) is 23.8 Å². The fourth-order valence-corrected chi connectivity index (χ4v) is 2.84. The fraction of sp³-hybridized carbons (Fsp3) is 0.417. The molecular formula is C12H16N2O2S. The molecule has 0 bridgehead atoms. The maximum absolute atomic E-state index is 11.6. The highest BCUT2D eigenvalue weighted by Gasteiger charge is 2.18. The van der Waals surface area contributed by atoms with Gasteiger partial charge in [-0.25, -0.2) is 0 Å². The van der Waals surface area contributed by atoms with Gasteiger partial charge >= 0.3 is 0 Å². The summed E-state index contributed by atoms with van der Waals surface area (Å²) < 4.78 is 5.21. The number of hydrogen-bond donors (Lipinski definition) is 1. The Morgan fingerprint density at radius 1 is 1.59 bits per heavy atom. The number of nitrogens with two attached hydrogens (primary N) is 1. The van der Waals surface area contributed by atoms with Crippen LogP contribution in [0.4, 0.5) is 0 Å². The molecule has 0 saturated heterocycles. The van der Waals surface area contributed by atoms with Gasteiger partial charge in [-0.15, -0.1) is 11.8 Å². The molecule has 1 aromatic carbocycles. The van der Waals surface area contributed by atoms with Crippen molar-refractivity contribution in [3.05, 3.63) is 23.8 Å². The summed E-state index contributed by atoms with van der Waals surface area (Å²) >= 11 is 1.77. The summed E-state index contributed by atoms with van der Waals surface area (Å²) in [6.45, 7) is 1.44. The molecule has 2 N–H and O–H groups in total. The van der Waals surface area contributed by atoms with Crippen LogP contribution in [0.1, 0.15) is 5.56 Å². The van der Waals surface area contributed by atoms with Gasteiger partial charge in [0.2, 0.25) is 5.91 Å². The summed E-state index contributed by atoms with van der Waals surface area (Å²) in [6, 6.07) is 5.99. The molecule has 5 heteroatoms. The number of carbonyl (C=O) groups excluding carboxylic acids is 1. The standard InChI is InChI=1S/C12H16N2O2S/c1-16-10-2-3-11-9(6-10)8-14(4-5-17-11)12(15)7-13/h2-3,6H,4-5,7-8,13H2,1H3. The van der Waals surface area contributed by atoms with Crippen LogP contribution in [-0.4, -0.2) is 36.8 Å². The number of amides is 1. The molecule has 2 rings (SSSR count). The van der Waals surface area contributed by atoms with Crippen LogP contribution in [0.2, 0.25) is 0 Å². The molecule has 1 aliphatic heterocycles. The third-order valence-electron chi connectivity index (χ3n) is 2.77. The first-order chi connectivity index (χ1) is 8.24. The summed E-state index contributed by atoms with van der Waals surface area (Å²) in [7, 11) is 1.65. The van der Waals surface area contributed by atoms with Crippen molar-refractivity contribution < 1.29 is 9.53 Å². The maximum Gasteiger partial charge on any atom is 0.236 e. The number of thioether (sulfide) groups is 1. The molecule has 1 aliphatic rings. The lowest BCUT2D eigenvalue weighted by Gasteiger charge is -2.19. The zero-order valence-corrected chi connectivity index (χ0v) is 10.6. The van der Waals surface area contributed by atoms with Gasteiger partial charge in [-0.2, -0.15) is 0 Å². The molecule has 0 atom stereocenters. The predicted molar refractivity (Wildman–Crippen MR) is 68.2 cm³/mol. The van der Waals surface area contributed by atoms with E-state index < -0.39 is 0 Å². The summed E-state index contributed by atoms with van der Waals surface area (Å²) in [5.41, 5.74) is 6.54. The minimum Gasteiger partial charge on any atom is -0.497 e. The number of ether oxygens (including phenoxy) is 1. The highest BCUT2D eigenvalue weighted by atomic mass is 32.2. The summed E-state index contributed by atoms with van der Waals surface area (Å²) in [5.74, 6) is 1.73. The lowest BCUT2D eigenvalue weighted by molar-refractivity contribution is -0.130. The number of rotatable bonds is 2. The van der Waals surface area contributed by atoms with Gasteiger partial charge in [0.05, 0.1) is 13.7 Å². The number of fused-ring (bicyclic) bond motifs is 1. The van der Waals surface area contributed by atoms with Crippen molar-refractivity contribution in [2.45, 2.75) is 11.4 Å². The van der Waals surface area contributed by atoms with E-state index >= 15 is 0 Å². The molecule has 0 aliphatic carbocycles. The average Bonchev–Trinajstić information content (AvgIpc) is 2.58. The van der Waals surface area contributed by atoms with Crippen LogP contribution in [0.5, 0.6) is 5.75 Å². The Bertz CT molecular complexity index is 423. The first kappa shape index (κ1) is 12.3. The van der Waals surface area contributed by atoms with Gasteiger partial charge in [0.25, 0.3) is 0 Å². The van der Waals surface area contributed by atoms with E-state index in [-0.39, 0.29) is 12.5 Å². The molecule has 4 nitrogen and oxygen atoms in total. The van der Waals surface area contributed by atoms with Gasteiger partial charge in [-0.1, -0.05) is 0 Å². The molecule has 0 radical (unpaired) electrons. The number of hydrogen-bond acceptors (Lipinski definition) is 4. The van der Waals surface area contributed by atoms with E-state index in [4.69, 9.17) is 10.5 Å². The second kappa shape index (κ2) is 5.42. The Morgan fingerprint density at radius 2 is 2.41 bits per heavy atom. The van der Waals surface area contributed by atoms with Crippen molar-refractivity contribution in [1.82, 2.24) is 4.90 Å². The molecule has 0 aromatic heterocycles. The first-order valence-electron chi connectivity index (χ1n) is 5.52. The van der Waals surface area contributed by atoms with Gasteiger partial charge in [0, 0.05) is 23.7 Å². The third-order valence-corrected chi connectivity index (χ3v) is 3.87. The maximum atomic E-state index is 11.6. The minimum absolute atomic E-state index is 0.00118. The second-order valence-corrected chi connectivity index (χ2v) is 4.98. The van der Waals surface area contributed by atoms with Crippen LogP contribution in [-0.2, 0) is 11.3 Å². The molecule has 1 heterocycles. The highest BCUT2D eigenvalue weighted by Crippen LogP contribution is 2.30. The Kier molecular flexibility index (Phi) is 3.91. The van der Waals surface area contributed by atoms with E-state index in [0.29, 0.717) is 6.54 Å². The minimum atomic E-state index is 0.00118. The Labute approximate surface area is 105 Å². The molecule has 17 heavy (non-hydrogen) atoms. The smallest absolute Gasteiger partial charge is 0.236 e. The number of nitrogens with zero attached hydrogens (tertiary/aromatic N) is 1. The lowest BCUT2D eigenvalue weighted by atomic mass is 10.2. The van der Waals surface area contributed by atoms with Crippen LogP contribution < -0.4 is 10.5 Å². The molecule has 1 amide bonds. The van der Waals surface area contributed by atoms with Gasteiger partial charge in [-0.3, -0.25) is 4.79 Å². The largest absolute Gasteiger partial charge is 0.497 e. The van der Waals surface area contributed by atoms with Crippen LogP contribution >= 0.6 is 11.8 Å². The van der Waals surface area contributed by atoms with E-state index in [1.165, 1.54) is 4.90 Å². The normalized spacial score (nSPS) is 15.1. The number of methoxy groups -OCH3 is 1. The number of benzene rings is 1. The van der Waals surface area contributed by atoms with Gasteiger partial charge in [0.15, 0.2) is 0 Å². The second-order valence-electron chi connectivity index (χ2n) is 3.84.